The van der Waals surface area contributed by atoms with E-state index in [1.165, 1.54) is 31.7 Å². The van der Waals surface area contributed by atoms with Crippen LogP contribution in [0.2, 0.25) is 0 Å². The first kappa shape index (κ1) is 14.5. The lowest BCUT2D eigenvalue weighted by atomic mass is 9.85. The van der Waals surface area contributed by atoms with Gasteiger partial charge in [0.2, 0.25) is 0 Å². The molecule has 0 aliphatic heterocycles. The summed E-state index contributed by atoms with van der Waals surface area (Å²) in [5, 5.41) is 3.64. The summed E-state index contributed by atoms with van der Waals surface area (Å²) in [5.41, 5.74) is 1.13. The molecular weight excluding hydrogens is 237 g/mol. The Balaban J connectivity index is 1.94. The predicted octanol–water partition coefficient (Wildman–Crippen LogP) is 4.17. The van der Waals surface area contributed by atoms with Gasteiger partial charge in [-0.25, -0.2) is 4.39 Å². The fourth-order valence-electron chi connectivity index (χ4n) is 2.74. The van der Waals surface area contributed by atoms with Crippen LogP contribution in [0.1, 0.15) is 45.1 Å². The largest absolute Gasteiger partial charge is 0.314 e. The molecule has 1 aliphatic carbocycles. The van der Waals surface area contributed by atoms with E-state index in [-0.39, 0.29) is 5.82 Å². The maximum Gasteiger partial charge on any atom is 0.123 e. The van der Waals surface area contributed by atoms with Crippen molar-refractivity contribution in [2.75, 3.05) is 6.54 Å². The standard InChI is InChI=1S/C17H26FN/c1-3-5-13(2)15(12-19-17-8-9-17)10-14-6-4-7-16(18)11-14/h4,6-7,11,13,15,17,19H,3,5,8-10,12H2,1-2H3. The first-order valence-electron chi connectivity index (χ1n) is 7.67. The highest BCUT2D eigenvalue weighted by molar-refractivity contribution is 5.17. The highest BCUT2D eigenvalue weighted by Gasteiger charge is 2.24. The van der Waals surface area contributed by atoms with Gasteiger partial charge in [0, 0.05) is 6.04 Å². The van der Waals surface area contributed by atoms with Crippen molar-refractivity contribution < 1.29 is 4.39 Å². The van der Waals surface area contributed by atoms with Gasteiger partial charge in [0.1, 0.15) is 5.82 Å². The summed E-state index contributed by atoms with van der Waals surface area (Å²) in [4.78, 5) is 0. The van der Waals surface area contributed by atoms with Crippen LogP contribution in [0.4, 0.5) is 4.39 Å². The van der Waals surface area contributed by atoms with Crippen LogP contribution in [0, 0.1) is 17.7 Å². The van der Waals surface area contributed by atoms with Gasteiger partial charge in [-0.1, -0.05) is 38.8 Å². The third kappa shape index (κ3) is 4.94. The minimum atomic E-state index is -0.116. The lowest BCUT2D eigenvalue weighted by Crippen LogP contribution is -2.30. The average molecular weight is 263 g/mol. The normalized spacial score (nSPS) is 18.3. The number of halogens is 1. The van der Waals surface area contributed by atoms with Gasteiger partial charge >= 0.3 is 0 Å². The fraction of sp³-hybridized carbons (Fsp3) is 0.647. The zero-order valence-electron chi connectivity index (χ0n) is 12.2. The molecule has 1 nitrogen and oxygen atoms in total. The fourth-order valence-corrected chi connectivity index (χ4v) is 2.74. The van der Waals surface area contributed by atoms with Crippen molar-refractivity contribution in [2.45, 2.75) is 52.0 Å². The summed E-state index contributed by atoms with van der Waals surface area (Å²) < 4.78 is 13.3. The first-order valence-corrected chi connectivity index (χ1v) is 7.67. The molecule has 1 N–H and O–H groups in total. The molecule has 106 valence electrons. The van der Waals surface area contributed by atoms with Crippen molar-refractivity contribution in [1.29, 1.82) is 0 Å². The number of hydrogen-bond acceptors (Lipinski definition) is 1. The molecule has 1 aromatic carbocycles. The summed E-state index contributed by atoms with van der Waals surface area (Å²) in [6, 6.07) is 7.83. The Kier molecular flexibility index (Phi) is 5.38. The molecule has 0 saturated heterocycles. The Bertz CT molecular complexity index is 387. The number of benzene rings is 1. The third-order valence-electron chi connectivity index (χ3n) is 4.18. The van der Waals surface area contributed by atoms with Crippen LogP contribution in [0.3, 0.4) is 0 Å². The molecule has 1 aromatic rings. The summed E-state index contributed by atoms with van der Waals surface area (Å²) in [6.07, 6.45) is 6.12. The van der Waals surface area contributed by atoms with Gasteiger partial charge < -0.3 is 5.32 Å². The molecule has 2 heteroatoms. The minimum Gasteiger partial charge on any atom is -0.314 e. The van der Waals surface area contributed by atoms with Gasteiger partial charge in [0.05, 0.1) is 0 Å². The smallest absolute Gasteiger partial charge is 0.123 e. The van der Waals surface area contributed by atoms with E-state index in [2.05, 4.69) is 19.2 Å². The van der Waals surface area contributed by atoms with Gasteiger partial charge in [0.15, 0.2) is 0 Å². The Morgan fingerprint density at radius 2 is 2.16 bits per heavy atom. The molecule has 0 heterocycles. The van der Waals surface area contributed by atoms with Crippen LogP contribution in [0.5, 0.6) is 0 Å². The van der Waals surface area contributed by atoms with E-state index in [9.17, 15) is 4.39 Å². The highest BCUT2D eigenvalue weighted by Crippen LogP contribution is 2.24. The maximum atomic E-state index is 13.3. The van der Waals surface area contributed by atoms with Crippen molar-refractivity contribution in [3.05, 3.63) is 35.6 Å². The van der Waals surface area contributed by atoms with Gasteiger partial charge in [0.25, 0.3) is 0 Å². The molecule has 2 unspecified atom stereocenters. The molecule has 0 aromatic heterocycles. The average Bonchev–Trinajstić information content (AvgIpc) is 3.18. The van der Waals surface area contributed by atoms with E-state index < -0.39 is 0 Å². The van der Waals surface area contributed by atoms with E-state index >= 15 is 0 Å². The molecule has 0 bridgehead atoms. The second kappa shape index (κ2) is 7.04. The zero-order chi connectivity index (χ0) is 13.7. The van der Waals surface area contributed by atoms with Crippen molar-refractivity contribution in [3.63, 3.8) is 0 Å². The van der Waals surface area contributed by atoms with E-state index in [0.717, 1.165) is 24.6 Å². The van der Waals surface area contributed by atoms with Crippen LogP contribution >= 0.6 is 0 Å². The number of rotatable bonds is 8. The van der Waals surface area contributed by atoms with Crippen molar-refractivity contribution in [2.24, 2.45) is 11.8 Å². The second-order valence-corrected chi connectivity index (χ2v) is 6.04. The molecule has 1 saturated carbocycles. The van der Waals surface area contributed by atoms with Gasteiger partial charge in [-0.15, -0.1) is 0 Å². The van der Waals surface area contributed by atoms with E-state index in [0.29, 0.717) is 11.8 Å². The Morgan fingerprint density at radius 1 is 1.37 bits per heavy atom. The van der Waals surface area contributed by atoms with Crippen LogP contribution in [0.15, 0.2) is 24.3 Å². The SMILES string of the molecule is CCCC(C)C(CNC1CC1)Cc1cccc(F)c1. The maximum absolute atomic E-state index is 13.3. The van der Waals surface area contributed by atoms with Crippen LogP contribution in [0.25, 0.3) is 0 Å². The van der Waals surface area contributed by atoms with E-state index in [4.69, 9.17) is 0 Å². The van der Waals surface area contributed by atoms with Crippen LogP contribution < -0.4 is 5.32 Å². The quantitative estimate of drug-likeness (QED) is 0.742. The van der Waals surface area contributed by atoms with Crippen molar-refractivity contribution >= 4 is 0 Å². The Hall–Kier alpha value is -0.890. The molecule has 19 heavy (non-hydrogen) atoms. The van der Waals surface area contributed by atoms with Gasteiger partial charge in [-0.2, -0.15) is 0 Å². The number of nitrogens with one attached hydrogen (secondary N) is 1. The van der Waals surface area contributed by atoms with Crippen LogP contribution in [-0.2, 0) is 6.42 Å². The van der Waals surface area contributed by atoms with Crippen molar-refractivity contribution in [3.8, 4) is 0 Å². The summed E-state index contributed by atoms with van der Waals surface area (Å²) in [5.74, 6) is 1.19. The lowest BCUT2D eigenvalue weighted by Gasteiger charge is -2.24. The predicted molar refractivity (Wildman–Crippen MR) is 78.7 cm³/mol. The summed E-state index contributed by atoms with van der Waals surface area (Å²) >= 11 is 0. The molecule has 0 amide bonds. The molecule has 2 atom stereocenters. The first-order chi connectivity index (χ1) is 9.19. The van der Waals surface area contributed by atoms with E-state index in [1.807, 2.05) is 12.1 Å². The molecule has 0 radical (unpaired) electrons. The molecule has 2 rings (SSSR count). The highest BCUT2D eigenvalue weighted by atomic mass is 19.1. The van der Waals surface area contributed by atoms with Gasteiger partial charge in [-0.05, 0) is 55.3 Å². The Labute approximate surface area is 116 Å². The van der Waals surface area contributed by atoms with Gasteiger partial charge in [-0.3, -0.25) is 0 Å². The minimum absolute atomic E-state index is 0.116. The Morgan fingerprint density at radius 3 is 2.79 bits per heavy atom. The molecule has 1 fully saturated rings. The summed E-state index contributed by atoms with van der Waals surface area (Å²) in [6.45, 7) is 5.65. The topological polar surface area (TPSA) is 12.0 Å². The monoisotopic (exact) mass is 263 g/mol. The number of hydrogen-bond donors (Lipinski definition) is 1. The van der Waals surface area contributed by atoms with Crippen LogP contribution in [-0.4, -0.2) is 12.6 Å². The lowest BCUT2D eigenvalue weighted by molar-refractivity contribution is 0.317. The molecule has 0 spiro atoms. The molecule has 1 aliphatic rings. The van der Waals surface area contributed by atoms with E-state index in [1.54, 1.807) is 6.07 Å². The van der Waals surface area contributed by atoms with Crippen molar-refractivity contribution in [1.82, 2.24) is 5.32 Å². The summed E-state index contributed by atoms with van der Waals surface area (Å²) in [7, 11) is 0. The zero-order valence-corrected chi connectivity index (χ0v) is 12.2. The third-order valence-corrected chi connectivity index (χ3v) is 4.18. The second-order valence-electron chi connectivity index (χ2n) is 6.04. The molecular formula is C17H26FN.